The molecule has 1 unspecified atom stereocenters. The Bertz CT molecular complexity index is 1830. The summed E-state index contributed by atoms with van der Waals surface area (Å²) in [5.41, 5.74) is 2.87. The van der Waals surface area contributed by atoms with Gasteiger partial charge >= 0.3 is 5.97 Å². The lowest BCUT2D eigenvalue weighted by molar-refractivity contribution is -0.121. The van der Waals surface area contributed by atoms with Crippen molar-refractivity contribution < 1.29 is 38.8 Å². The number of carbonyl (C=O) groups excluding carboxylic acids is 3. The number of ether oxygens (including phenoxy) is 3. The Hall–Kier alpha value is -5.25. The predicted molar refractivity (Wildman–Crippen MR) is 187 cm³/mol. The average Bonchev–Trinajstić information content (AvgIpc) is 3.49. The number of ketones is 1. The SMILES string of the molecule is COc1ccc(C(CC(=O)NCCc2c[nH]c3ccc(OC)cc23)c2c(O)cc3c(c2O)C(=O)O[C@@H](C)CCCC(=O)CCC/C=C/3)cc1. The van der Waals surface area contributed by atoms with E-state index in [2.05, 4.69) is 10.3 Å². The number of aromatic nitrogens is 1. The Balaban J connectivity index is 1.45. The van der Waals surface area contributed by atoms with Crippen LogP contribution in [0.2, 0.25) is 0 Å². The predicted octanol–water partition coefficient (Wildman–Crippen LogP) is 6.96. The Morgan fingerprint density at radius 1 is 1.02 bits per heavy atom. The van der Waals surface area contributed by atoms with Crippen molar-refractivity contribution in [2.75, 3.05) is 20.8 Å². The molecule has 0 aliphatic carbocycles. The highest BCUT2D eigenvalue weighted by Gasteiger charge is 2.31. The summed E-state index contributed by atoms with van der Waals surface area (Å²) in [6, 6.07) is 14.2. The second kappa shape index (κ2) is 16.2. The van der Waals surface area contributed by atoms with E-state index in [1.54, 1.807) is 51.5 Å². The van der Waals surface area contributed by atoms with Crippen molar-refractivity contribution in [1.82, 2.24) is 10.3 Å². The molecule has 0 saturated heterocycles. The average molecular weight is 669 g/mol. The summed E-state index contributed by atoms with van der Waals surface area (Å²) in [5, 5.41) is 27.2. The van der Waals surface area contributed by atoms with Gasteiger partial charge in [0.05, 0.1) is 20.3 Å². The van der Waals surface area contributed by atoms with Crippen LogP contribution in [0.15, 0.2) is 60.8 Å². The van der Waals surface area contributed by atoms with E-state index in [0.29, 0.717) is 62.8 Å². The second-order valence-electron chi connectivity index (χ2n) is 12.4. The van der Waals surface area contributed by atoms with Crippen LogP contribution in [0.5, 0.6) is 23.0 Å². The highest BCUT2D eigenvalue weighted by Crippen LogP contribution is 2.44. The molecule has 10 nitrogen and oxygen atoms in total. The molecule has 0 fully saturated rings. The van der Waals surface area contributed by atoms with Gasteiger partial charge in [-0.2, -0.15) is 0 Å². The lowest BCUT2D eigenvalue weighted by Gasteiger charge is -2.23. The van der Waals surface area contributed by atoms with Gasteiger partial charge in [0, 0.05) is 54.4 Å². The fourth-order valence-electron chi connectivity index (χ4n) is 6.33. The fourth-order valence-corrected chi connectivity index (χ4v) is 6.33. The van der Waals surface area contributed by atoms with Crippen molar-refractivity contribution in [2.24, 2.45) is 0 Å². The van der Waals surface area contributed by atoms with Gasteiger partial charge in [-0.15, -0.1) is 0 Å². The number of aromatic hydroxyl groups is 2. The molecule has 258 valence electrons. The molecule has 1 aliphatic rings. The number of allylic oxidation sites excluding steroid dienone is 1. The minimum atomic E-state index is -0.818. The molecule has 0 spiro atoms. The zero-order valence-corrected chi connectivity index (χ0v) is 28.2. The number of phenolic OH excluding ortho intramolecular Hbond substituents is 2. The van der Waals surface area contributed by atoms with E-state index in [1.165, 1.54) is 6.07 Å². The monoisotopic (exact) mass is 668 g/mol. The van der Waals surface area contributed by atoms with E-state index in [0.717, 1.165) is 22.2 Å². The van der Waals surface area contributed by atoms with Gasteiger partial charge < -0.3 is 34.7 Å². The zero-order valence-electron chi connectivity index (χ0n) is 28.2. The molecule has 49 heavy (non-hydrogen) atoms. The van der Waals surface area contributed by atoms with Crippen molar-refractivity contribution in [1.29, 1.82) is 0 Å². The Morgan fingerprint density at radius 3 is 2.51 bits per heavy atom. The van der Waals surface area contributed by atoms with Crippen LogP contribution in [0.3, 0.4) is 0 Å². The van der Waals surface area contributed by atoms with Crippen molar-refractivity contribution >= 4 is 34.6 Å². The van der Waals surface area contributed by atoms with Crippen LogP contribution >= 0.6 is 0 Å². The molecule has 1 aromatic heterocycles. The number of amides is 1. The number of carbonyl (C=O) groups is 3. The largest absolute Gasteiger partial charge is 0.507 e. The van der Waals surface area contributed by atoms with E-state index >= 15 is 0 Å². The van der Waals surface area contributed by atoms with Crippen molar-refractivity contribution in [2.45, 2.75) is 70.3 Å². The topological polar surface area (TPSA) is 147 Å². The van der Waals surface area contributed by atoms with Gasteiger partial charge in [0.15, 0.2) is 0 Å². The Labute approximate surface area is 286 Å². The minimum absolute atomic E-state index is 0.0486. The normalized spacial score (nSPS) is 17.0. The number of cyclic esters (lactones) is 1. The number of Topliss-reactive ketones (excluding diaryl/α,β-unsaturated/α-hetero) is 1. The molecule has 4 aromatic rings. The number of H-pyrrole nitrogens is 1. The lowest BCUT2D eigenvalue weighted by Crippen LogP contribution is -2.27. The van der Waals surface area contributed by atoms with Gasteiger partial charge in [-0.3, -0.25) is 9.59 Å². The summed E-state index contributed by atoms with van der Waals surface area (Å²) in [6.45, 7) is 2.10. The molecule has 10 heteroatoms. The molecular formula is C39H44N2O8. The third-order valence-corrected chi connectivity index (χ3v) is 9.00. The van der Waals surface area contributed by atoms with Crippen molar-refractivity contribution in [3.05, 3.63) is 88.6 Å². The second-order valence-corrected chi connectivity index (χ2v) is 12.4. The standard InChI is InChI=1S/C39H44N2O8/c1-24-8-7-11-28(42)10-6-4-5-9-26-20-34(43)37(38(45)36(26)39(46)49-24)32(25-12-14-29(47-2)15-13-25)22-35(44)40-19-18-27-23-41-33-17-16-30(48-3)21-31(27)33/h5,9,12-17,20-21,23-24,32,41,43,45H,4,6-8,10-11,18-19,22H2,1-3H3,(H,40,44)/b9-5+/t24-,32?/m0/s1. The number of rotatable bonds is 9. The van der Waals surface area contributed by atoms with Crippen LogP contribution in [0, 0.1) is 0 Å². The molecule has 5 rings (SSSR count). The fraction of sp³-hybridized carbons (Fsp3) is 0.359. The molecule has 4 N–H and O–H groups in total. The summed E-state index contributed by atoms with van der Waals surface area (Å²) in [4.78, 5) is 42.6. The van der Waals surface area contributed by atoms with E-state index in [9.17, 15) is 24.6 Å². The summed E-state index contributed by atoms with van der Waals surface area (Å²) in [7, 11) is 3.17. The van der Waals surface area contributed by atoms with Crippen molar-refractivity contribution in [3.63, 3.8) is 0 Å². The number of aromatic amines is 1. The molecule has 1 amide bonds. The number of esters is 1. The third-order valence-electron chi connectivity index (χ3n) is 9.00. The first kappa shape index (κ1) is 35.1. The van der Waals surface area contributed by atoms with E-state index < -0.39 is 23.7 Å². The van der Waals surface area contributed by atoms with E-state index in [-0.39, 0.29) is 40.6 Å². The zero-order chi connectivity index (χ0) is 34.9. The summed E-state index contributed by atoms with van der Waals surface area (Å²) in [6.07, 6.45) is 8.52. The number of nitrogens with one attached hydrogen (secondary N) is 2. The maximum absolute atomic E-state index is 13.6. The molecular weight excluding hydrogens is 624 g/mol. The Kier molecular flexibility index (Phi) is 11.6. The summed E-state index contributed by atoms with van der Waals surface area (Å²) in [5.74, 6) is -1.06. The number of hydrogen-bond acceptors (Lipinski definition) is 8. The first-order valence-electron chi connectivity index (χ1n) is 16.7. The van der Waals surface area contributed by atoms with Crippen LogP contribution in [0.1, 0.15) is 90.4 Å². The maximum Gasteiger partial charge on any atom is 0.342 e. The quantitative estimate of drug-likeness (QED) is 0.140. The van der Waals surface area contributed by atoms with Gasteiger partial charge in [-0.1, -0.05) is 24.3 Å². The van der Waals surface area contributed by atoms with Crippen LogP contribution in [0.4, 0.5) is 0 Å². The minimum Gasteiger partial charge on any atom is -0.507 e. The first-order valence-corrected chi connectivity index (χ1v) is 16.7. The van der Waals surface area contributed by atoms with Crippen LogP contribution in [0.25, 0.3) is 17.0 Å². The smallest absolute Gasteiger partial charge is 0.342 e. The van der Waals surface area contributed by atoms with Crippen LogP contribution in [-0.4, -0.2) is 59.7 Å². The number of hydrogen-bond donors (Lipinski definition) is 4. The van der Waals surface area contributed by atoms with Crippen LogP contribution < -0.4 is 14.8 Å². The molecule has 0 bridgehead atoms. The number of benzene rings is 3. The van der Waals surface area contributed by atoms with Gasteiger partial charge in [-0.25, -0.2) is 4.79 Å². The first-order chi connectivity index (χ1) is 23.7. The summed E-state index contributed by atoms with van der Waals surface area (Å²) >= 11 is 0. The highest BCUT2D eigenvalue weighted by molar-refractivity contribution is 5.98. The highest BCUT2D eigenvalue weighted by atomic mass is 16.5. The Morgan fingerprint density at radius 2 is 1.76 bits per heavy atom. The molecule has 1 aliphatic heterocycles. The summed E-state index contributed by atoms with van der Waals surface area (Å²) < 4.78 is 16.4. The number of phenols is 2. The maximum atomic E-state index is 13.6. The third kappa shape index (κ3) is 8.62. The van der Waals surface area contributed by atoms with E-state index in [1.807, 2.05) is 30.5 Å². The molecule has 0 saturated carbocycles. The number of fused-ring (bicyclic) bond motifs is 2. The van der Waals surface area contributed by atoms with Crippen LogP contribution in [-0.2, 0) is 20.7 Å². The molecule has 2 atom stereocenters. The molecule has 0 radical (unpaired) electrons. The van der Waals surface area contributed by atoms with Gasteiger partial charge in [0.1, 0.15) is 34.3 Å². The van der Waals surface area contributed by atoms with Gasteiger partial charge in [0.2, 0.25) is 5.91 Å². The van der Waals surface area contributed by atoms with E-state index in [4.69, 9.17) is 14.2 Å². The molecule has 2 heterocycles. The lowest BCUT2D eigenvalue weighted by atomic mass is 9.84. The number of methoxy groups -OCH3 is 2. The van der Waals surface area contributed by atoms with Gasteiger partial charge in [-0.05, 0) is 92.1 Å². The van der Waals surface area contributed by atoms with Gasteiger partial charge in [0.25, 0.3) is 0 Å². The molecule has 3 aromatic carbocycles. The van der Waals surface area contributed by atoms with Crippen molar-refractivity contribution in [3.8, 4) is 23.0 Å².